The van der Waals surface area contributed by atoms with Crippen molar-refractivity contribution in [3.05, 3.63) is 216 Å². The molecule has 0 aliphatic heterocycles. The van der Waals surface area contributed by atoms with Crippen molar-refractivity contribution < 1.29 is 0 Å². The summed E-state index contributed by atoms with van der Waals surface area (Å²) >= 11 is 0. The monoisotopic (exact) mass is 881 g/mol. The molecule has 0 unspecified atom stereocenters. The van der Waals surface area contributed by atoms with E-state index < -0.39 is 0 Å². The summed E-state index contributed by atoms with van der Waals surface area (Å²) < 4.78 is 0. The van der Waals surface area contributed by atoms with Gasteiger partial charge in [-0.05, 0) is 144 Å². The Balaban J connectivity index is 1.37. The molecular weight excluding hydrogens is 817 g/mol. The summed E-state index contributed by atoms with van der Waals surface area (Å²) in [4.78, 5) is 0. The summed E-state index contributed by atoms with van der Waals surface area (Å²) in [5, 5.41) is 7.65. The minimum absolute atomic E-state index is 0.0989. The van der Waals surface area contributed by atoms with Crippen LogP contribution in [0.4, 0.5) is 0 Å². The molecule has 0 nitrogen and oxygen atoms in total. The van der Waals surface area contributed by atoms with E-state index in [4.69, 9.17) is 0 Å². The van der Waals surface area contributed by atoms with E-state index in [1.54, 1.807) is 0 Å². The van der Waals surface area contributed by atoms with Crippen molar-refractivity contribution in [1.82, 2.24) is 0 Å². The van der Waals surface area contributed by atoms with E-state index >= 15 is 0 Å². The van der Waals surface area contributed by atoms with Gasteiger partial charge >= 0.3 is 0 Å². The van der Waals surface area contributed by atoms with Crippen LogP contribution in [-0.2, 0) is 10.8 Å². The maximum atomic E-state index is 2.50. The van der Waals surface area contributed by atoms with E-state index in [1.165, 1.54) is 121 Å². The van der Waals surface area contributed by atoms with Crippen LogP contribution in [0, 0.1) is 0 Å². The first-order valence-corrected chi connectivity index (χ1v) is 24.7. The highest BCUT2D eigenvalue weighted by molar-refractivity contribution is 6.34. The van der Waals surface area contributed by atoms with Crippen molar-refractivity contribution in [2.24, 2.45) is 0 Å². The van der Waals surface area contributed by atoms with Gasteiger partial charge in [0, 0.05) is 0 Å². The molecule has 0 fully saturated rings. The van der Waals surface area contributed by atoms with Gasteiger partial charge in [-0.3, -0.25) is 0 Å². The zero-order chi connectivity index (χ0) is 47.5. The van der Waals surface area contributed by atoms with Gasteiger partial charge in [-0.1, -0.05) is 263 Å². The summed E-state index contributed by atoms with van der Waals surface area (Å²) in [6.45, 7) is 22.9. The topological polar surface area (TPSA) is 0 Å². The maximum absolute atomic E-state index is 2.50. The Morgan fingerprint density at radius 1 is 0.265 bits per heavy atom. The molecule has 10 aromatic carbocycles. The molecule has 10 rings (SSSR count). The van der Waals surface area contributed by atoms with Gasteiger partial charge in [0.1, 0.15) is 0 Å². The van der Waals surface area contributed by atoms with Crippen molar-refractivity contribution in [1.29, 1.82) is 0 Å². The molecule has 0 amide bonds. The predicted octanol–water partition coefficient (Wildman–Crippen LogP) is 20.0. The van der Waals surface area contributed by atoms with Crippen LogP contribution >= 0.6 is 0 Å². The Kier molecular flexibility index (Phi) is 11.6. The molecule has 0 radical (unpaired) electrons. The fourth-order valence-electron chi connectivity index (χ4n) is 10.4. The Hall–Kier alpha value is -7.02. The van der Waals surface area contributed by atoms with E-state index in [0.29, 0.717) is 11.8 Å². The molecular formula is C68H64. The molecule has 0 N–H and O–H groups in total. The van der Waals surface area contributed by atoms with E-state index in [1.807, 2.05) is 0 Å². The van der Waals surface area contributed by atoms with Gasteiger partial charge < -0.3 is 0 Å². The fourth-order valence-corrected chi connectivity index (χ4v) is 10.4. The number of benzene rings is 10. The lowest BCUT2D eigenvalue weighted by Gasteiger charge is -2.26. The lowest BCUT2D eigenvalue weighted by atomic mass is 9.76. The van der Waals surface area contributed by atoms with Crippen LogP contribution < -0.4 is 0 Å². The van der Waals surface area contributed by atoms with E-state index in [2.05, 4.69) is 263 Å². The highest BCUT2D eigenvalue weighted by Crippen LogP contribution is 2.54. The van der Waals surface area contributed by atoms with E-state index in [0.717, 1.165) is 0 Å². The second kappa shape index (κ2) is 17.6. The molecule has 10 aromatic rings. The summed E-state index contributed by atoms with van der Waals surface area (Å²) in [6.07, 6.45) is 0. The molecule has 0 aliphatic carbocycles. The number of hydrogen-bond acceptors (Lipinski definition) is 0. The van der Waals surface area contributed by atoms with Crippen LogP contribution in [-0.4, -0.2) is 0 Å². The number of rotatable bonds is 8. The molecule has 0 aromatic heterocycles. The normalized spacial score (nSPS) is 12.2. The standard InChI is InChI=1S/C68H64/c1-43(2)53-33-39-57-59(41-53)63(49-17-13-11-14-18-49)65-62(52-27-23-46(24-28-52)48-31-37-56(38-32-48)68(8,9)10)58-40-34-54(44(3)4)42-60(58)64(50-19-15-12-16-20-50)66(65)61(57)51-25-21-45(22-26-51)47-29-35-55(36-30-47)67(5,6)7/h11-44H,1-10H3. The smallest absolute Gasteiger partial charge is 0.000139 e. The lowest BCUT2D eigenvalue weighted by molar-refractivity contribution is 0.590. The largest absolute Gasteiger partial charge is 0.0622 e. The van der Waals surface area contributed by atoms with Crippen LogP contribution in [0.1, 0.15) is 103 Å². The summed E-state index contributed by atoms with van der Waals surface area (Å²) in [5.41, 5.74) is 20.4. The fraction of sp³-hybridized carbons (Fsp3) is 0.206. The summed E-state index contributed by atoms with van der Waals surface area (Å²) in [5.74, 6) is 0.725. The third-order valence-corrected chi connectivity index (χ3v) is 14.4. The van der Waals surface area contributed by atoms with Crippen LogP contribution in [0.2, 0.25) is 0 Å². The molecule has 0 heterocycles. The third-order valence-electron chi connectivity index (χ3n) is 14.4. The summed E-state index contributed by atoms with van der Waals surface area (Å²) in [6, 6.07) is 74.1. The Morgan fingerprint density at radius 2 is 0.529 bits per heavy atom. The van der Waals surface area contributed by atoms with Crippen LogP contribution in [0.5, 0.6) is 0 Å². The molecule has 0 spiro atoms. The average molecular weight is 881 g/mol. The van der Waals surface area contributed by atoms with Crippen LogP contribution in [0.3, 0.4) is 0 Å². The third kappa shape index (κ3) is 8.25. The average Bonchev–Trinajstić information content (AvgIpc) is 3.34. The molecule has 68 heavy (non-hydrogen) atoms. The molecule has 0 saturated carbocycles. The lowest BCUT2D eigenvalue weighted by Crippen LogP contribution is -2.10. The summed E-state index contributed by atoms with van der Waals surface area (Å²) in [7, 11) is 0. The van der Waals surface area contributed by atoms with Gasteiger partial charge in [0.25, 0.3) is 0 Å². The minimum Gasteiger partial charge on any atom is -0.0622 e. The van der Waals surface area contributed by atoms with E-state index in [9.17, 15) is 0 Å². The van der Waals surface area contributed by atoms with Gasteiger partial charge in [0.15, 0.2) is 0 Å². The first-order chi connectivity index (χ1) is 32.7. The first-order valence-electron chi connectivity index (χ1n) is 24.7. The molecule has 0 bridgehead atoms. The molecule has 0 saturated heterocycles. The molecule has 0 heteroatoms. The molecule has 336 valence electrons. The van der Waals surface area contributed by atoms with Gasteiger partial charge in [-0.25, -0.2) is 0 Å². The molecule has 0 aliphatic rings. The second-order valence-electron chi connectivity index (χ2n) is 21.7. The van der Waals surface area contributed by atoms with Gasteiger partial charge in [-0.2, -0.15) is 0 Å². The van der Waals surface area contributed by atoms with E-state index in [-0.39, 0.29) is 10.8 Å². The Morgan fingerprint density at radius 3 is 0.824 bits per heavy atom. The number of fused-ring (bicyclic) bond motifs is 3. The van der Waals surface area contributed by atoms with Crippen LogP contribution in [0.15, 0.2) is 194 Å². The zero-order valence-electron chi connectivity index (χ0n) is 41.6. The van der Waals surface area contributed by atoms with Crippen molar-refractivity contribution in [3.8, 4) is 66.8 Å². The SMILES string of the molecule is CC(C)c1ccc2c(-c3ccc(-c4ccc(C(C)(C)C)cc4)cc3)c3c(-c4ccccc4)c4cc(C(C)C)ccc4c(-c4ccc(-c5ccc(C(C)(C)C)cc5)cc4)c3c(-c3ccccc3)c2c1. The molecule has 0 atom stereocenters. The highest BCUT2D eigenvalue weighted by Gasteiger charge is 2.27. The quantitative estimate of drug-likeness (QED) is 0.133. The van der Waals surface area contributed by atoms with Gasteiger partial charge in [-0.15, -0.1) is 0 Å². The predicted molar refractivity (Wildman–Crippen MR) is 297 cm³/mol. The van der Waals surface area contributed by atoms with Crippen LogP contribution in [0.25, 0.3) is 99.1 Å². The Labute approximate surface area is 405 Å². The van der Waals surface area contributed by atoms with Crippen molar-refractivity contribution in [2.45, 2.75) is 91.9 Å². The number of hydrogen-bond donors (Lipinski definition) is 0. The highest BCUT2D eigenvalue weighted by atomic mass is 14.3. The van der Waals surface area contributed by atoms with Crippen molar-refractivity contribution >= 4 is 32.3 Å². The van der Waals surface area contributed by atoms with Crippen molar-refractivity contribution in [3.63, 3.8) is 0 Å². The zero-order valence-corrected chi connectivity index (χ0v) is 41.6. The van der Waals surface area contributed by atoms with Gasteiger partial charge in [0.2, 0.25) is 0 Å². The maximum Gasteiger partial charge on any atom is -0.000139 e. The van der Waals surface area contributed by atoms with Crippen molar-refractivity contribution in [2.75, 3.05) is 0 Å². The van der Waals surface area contributed by atoms with Gasteiger partial charge in [0.05, 0.1) is 0 Å². The Bertz CT molecular complexity index is 3190. The second-order valence-corrected chi connectivity index (χ2v) is 21.7. The first kappa shape index (κ1) is 44.8. The minimum atomic E-state index is 0.0989.